The van der Waals surface area contributed by atoms with E-state index in [0.29, 0.717) is 5.92 Å². The van der Waals surface area contributed by atoms with Crippen LogP contribution in [-0.2, 0) is 4.79 Å². The fourth-order valence-electron chi connectivity index (χ4n) is 1.55. The maximum atomic E-state index is 11.7. The molecule has 0 aromatic rings. The minimum Gasteiger partial charge on any atom is -0.345 e. The van der Waals surface area contributed by atoms with Crippen LogP contribution in [0.3, 0.4) is 0 Å². The first-order chi connectivity index (χ1) is 7.02. The lowest BCUT2D eigenvalue weighted by Gasteiger charge is -2.22. The molecule has 3 heteroatoms. The summed E-state index contributed by atoms with van der Waals surface area (Å²) in [6.07, 6.45) is 2.43. The molecule has 0 aromatic heterocycles. The van der Waals surface area contributed by atoms with Crippen molar-refractivity contribution in [1.29, 1.82) is 0 Å². The summed E-state index contributed by atoms with van der Waals surface area (Å²) in [7, 11) is 1.84. The molecule has 2 atom stereocenters. The van der Waals surface area contributed by atoms with Gasteiger partial charge in [-0.15, -0.1) is 0 Å². The minimum atomic E-state index is -0.0609. The zero-order chi connectivity index (χ0) is 11.8. The number of nitrogens with zero attached hydrogens (tertiary/aromatic N) is 1. The van der Waals surface area contributed by atoms with Crippen molar-refractivity contribution in [3.63, 3.8) is 0 Å². The maximum Gasteiger partial charge on any atom is 0.239 e. The van der Waals surface area contributed by atoms with Gasteiger partial charge < -0.3 is 10.2 Å². The van der Waals surface area contributed by atoms with Crippen molar-refractivity contribution in [2.45, 2.75) is 46.6 Å². The highest BCUT2D eigenvalue weighted by Crippen LogP contribution is 2.03. The molecule has 1 amide bonds. The molecule has 0 fully saturated rings. The molecule has 0 spiro atoms. The average molecular weight is 214 g/mol. The number of carbonyl (C=O) groups is 1. The highest BCUT2D eigenvalue weighted by Gasteiger charge is 2.15. The molecule has 0 heterocycles. The molecular formula is C12H26N2O. The van der Waals surface area contributed by atoms with Crippen molar-refractivity contribution >= 4 is 5.91 Å². The highest BCUT2D eigenvalue weighted by molar-refractivity contribution is 5.81. The van der Waals surface area contributed by atoms with Gasteiger partial charge in [-0.25, -0.2) is 0 Å². The topological polar surface area (TPSA) is 32.3 Å². The van der Waals surface area contributed by atoms with Crippen molar-refractivity contribution in [1.82, 2.24) is 10.2 Å². The third-order valence-corrected chi connectivity index (χ3v) is 2.77. The van der Waals surface area contributed by atoms with Gasteiger partial charge in [0, 0.05) is 13.6 Å². The molecule has 0 radical (unpaired) electrons. The molecule has 0 bridgehead atoms. The molecule has 0 aromatic carbocycles. The van der Waals surface area contributed by atoms with Gasteiger partial charge in [0.2, 0.25) is 5.91 Å². The minimum absolute atomic E-state index is 0.0609. The highest BCUT2D eigenvalue weighted by atomic mass is 16.2. The summed E-state index contributed by atoms with van der Waals surface area (Å²) in [6, 6.07) is -0.0609. The maximum absolute atomic E-state index is 11.7. The summed E-state index contributed by atoms with van der Waals surface area (Å²) >= 11 is 0. The van der Waals surface area contributed by atoms with Crippen LogP contribution in [0.4, 0.5) is 0 Å². The number of nitrogens with one attached hydrogen (secondary N) is 1. The van der Waals surface area contributed by atoms with E-state index >= 15 is 0 Å². The second-order valence-electron chi connectivity index (χ2n) is 4.38. The monoisotopic (exact) mass is 214 g/mol. The summed E-state index contributed by atoms with van der Waals surface area (Å²) in [5, 5.41) is 3.29. The third-order valence-electron chi connectivity index (χ3n) is 2.77. The Morgan fingerprint density at radius 2 is 1.93 bits per heavy atom. The van der Waals surface area contributed by atoms with Crippen LogP contribution in [-0.4, -0.2) is 37.0 Å². The Morgan fingerprint density at radius 1 is 1.33 bits per heavy atom. The molecule has 0 rings (SSSR count). The van der Waals surface area contributed by atoms with Gasteiger partial charge in [-0.05, 0) is 32.7 Å². The van der Waals surface area contributed by atoms with Gasteiger partial charge in [0.25, 0.3) is 0 Å². The van der Waals surface area contributed by atoms with Crippen molar-refractivity contribution in [2.75, 3.05) is 20.1 Å². The molecule has 0 saturated carbocycles. The normalized spacial score (nSPS) is 14.7. The predicted molar refractivity (Wildman–Crippen MR) is 64.8 cm³/mol. The Hall–Kier alpha value is -0.570. The number of amides is 1. The van der Waals surface area contributed by atoms with Crippen LogP contribution in [0, 0.1) is 5.92 Å². The summed E-state index contributed by atoms with van der Waals surface area (Å²) in [6.45, 7) is 10.0. The molecule has 1 N–H and O–H groups in total. The van der Waals surface area contributed by atoms with Gasteiger partial charge >= 0.3 is 0 Å². The Bertz CT molecular complexity index is 182. The van der Waals surface area contributed by atoms with E-state index < -0.39 is 0 Å². The van der Waals surface area contributed by atoms with E-state index in [4.69, 9.17) is 0 Å². The lowest BCUT2D eigenvalue weighted by molar-refractivity contribution is -0.131. The van der Waals surface area contributed by atoms with Gasteiger partial charge in [0.05, 0.1) is 6.04 Å². The zero-order valence-electron chi connectivity index (χ0n) is 10.8. The van der Waals surface area contributed by atoms with Crippen LogP contribution in [0.25, 0.3) is 0 Å². The number of hydrogen-bond donors (Lipinski definition) is 1. The third kappa shape index (κ3) is 5.78. The summed E-state index contributed by atoms with van der Waals surface area (Å²) in [5.41, 5.74) is 0. The number of carbonyl (C=O) groups excluding carboxylic acids is 1. The van der Waals surface area contributed by atoms with Gasteiger partial charge in [0.1, 0.15) is 0 Å². The van der Waals surface area contributed by atoms with E-state index in [1.807, 2.05) is 20.9 Å². The first-order valence-corrected chi connectivity index (χ1v) is 6.01. The lowest BCUT2D eigenvalue weighted by Crippen LogP contribution is -2.44. The number of hydrogen-bond acceptors (Lipinski definition) is 2. The molecule has 0 aliphatic heterocycles. The van der Waals surface area contributed by atoms with Crippen LogP contribution in [0.1, 0.15) is 40.5 Å². The van der Waals surface area contributed by atoms with Crippen molar-refractivity contribution in [3.05, 3.63) is 0 Å². The average Bonchev–Trinajstić information content (AvgIpc) is 2.24. The van der Waals surface area contributed by atoms with Crippen LogP contribution >= 0.6 is 0 Å². The summed E-state index contributed by atoms with van der Waals surface area (Å²) < 4.78 is 0. The van der Waals surface area contributed by atoms with E-state index in [9.17, 15) is 4.79 Å². The van der Waals surface area contributed by atoms with E-state index in [-0.39, 0.29) is 11.9 Å². The van der Waals surface area contributed by atoms with Crippen LogP contribution < -0.4 is 5.32 Å². The number of rotatable bonds is 7. The molecule has 0 saturated heterocycles. The first kappa shape index (κ1) is 14.4. The van der Waals surface area contributed by atoms with Gasteiger partial charge in [0.15, 0.2) is 0 Å². The Kier molecular flexibility index (Phi) is 7.39. The second kappa shape index (κ2) is 7.69. The van der Waals surface area contributed by atoms with Crippen LogP contribution in [0.5, 0.6) is 0 Å². The predicted octanol–water partition coefficient (Wildman–Crippen LogP) is 1.88. The quantitative estimate of drug-likeness (QED) is 0.702. The van der Waals surface area contributed by atoms with Crippen LogP contribution in [0.15, 0.2) is 0 Å². The van der Waals surface area contributed by atoms with Gasteiger partial charge in [-0.2, -0.15) is 0 Å². The smallest absolute Gasteiger partial charge is 0.239 e. The second-order valence-corrected chi connectivity index (χ2v) is 4.38. The molecule has 2 unspecified atom stereocenters. The first-order valence-electron chi connectivity index (χ1n) is 6.01. The molecule has 15 heavy (non-hydrogen) atoms. The zero-order valence-corrected chi connectivity index (χ0v) is 10.8. The number of likely N-dealkylation sites (N-methyl/N-ethyl adjacent to an activating group) is 1. The van der Waals surface area contributed by atoms with Gasteiger partial charge in [-0.3, -0.25) is 4.79 Å². The summed E-state index contributed by atoms with van der Waals surface area (Å²) in [5.74, 6) is 0.832. The fraction of sp³-hybridized carbons (Fsp3) is 0.917. The lowest BCUT2D eigenvalue weighted by atomic mass is 10.1. The fourth-order valence-corrected chi connectivity index (χ4v) is 1.55. The standard InChI is InChI=1S/C12H26N2O/c1-6-8-10(3)9-13-11(4)12(15)14(5)7-2/h10-11,13H,6-9H2,1-5H3. The summed E-state index contributed by atoms with van der Waals surface area (Å²) in [4.78, 5) is 13.5. The van der Waals surface area contributed by atoms with Crippen molar-refractivity contribution < 1.29 is 4.79 Å². The van der Waals surface area contributed by atoms with E-state index in [1.165, 1.54) is 12.8 Å². The Morgan fingerprint density at radius 3 is 2.40 bits per heavy atom. The Labute approximate surface area is 94.2 Å². The Balaban J connectivity index is 3.82. The van der Waals surface area contributed by atoms with E-state index in [2.05, 4.69) is 19.2 Å². The largest absolute Gasteiger partial charge is 0.345 e. The van der Waals surface area contributed by atoms with E-state index in [1.54, 1.807) is 4.90 Å². The molecule has 3 nitrogen and oxygen atoms in total. The van der Waals surface area contributed by atoms with Crippen molar-refractivity contribution in [2.24, 2.45) is 5.92 Å². The SMILES string of the molecule is CCCC(C)CNC(C)C(=O)N(C)CC. The van der Waals surface area contributed by atoms with Crippen LogP contribution in [0.2, 0.25) is 0 Å². The van der Waals surface area contributed by atoms with Gasteiger partial charge in [-0.1, -0.05) is 20.3 Å². The molecule has 0 aliphatic rings. The van der Waals surface area contributed by atoms with Crippen molar-refractivity contribution in [3.8, 4) is 0 Å². The molecular weight excluding hydrogens is 188 g/mol. The molecule has 0 aliphatic carbocycles. The molecule has 90 valence electrons. The van der Waals surface area contributed by atoms with E-state index in [0.717, 1.165) is 13.1 Å².